The SMILES string of the molecule is N=C(NCc1ccncc1)C1=NC2=CC(Nc3ccc(Br)cc3F)=CC3=CN=CNC32S1. The molecule has 1 unspecified atom stereocenters. The standard InChI is InChI=1S/C22H17BrFN7S/c23-15-1-2-18(17(24)8-15)30-16-7-14-11-27-12-29-22(14)19(9-16)31-21(32-22)20(25)28-10-13-3-5-26-6-4-13/h1-9,11-12,30H,10H2,(H2,25,28)(H,27,29). The fraction of sp³-hybridized carbons (Fsp3) is 0.0909. The minimum Gasteiger partial charge on any atom is -0.364 e. The molecule has 0 saturated heterocycles. The van der Waals surface area contributed by atoms with Crippen molar-refractivity contribution in [3.8, 4) is 0 Å². The quantitative estimate of drug-likeness (QED) is 0.355. The van der Waals surface area contributed by atoms with Crippen LogP contribution in [-0.2, 0) is 6.54 Å². The molecule has 2 aromatic rings. The molecule has 0 saturated carbocycles. The fourth-order valence-corrected chi connectivity index (χ4v) is 4.95. The van der Waals surface area contributed by atoms with Crippen molar-refractivity contribution in [3.05, 3.63) is 93.9 Å². The van der Waals surface area contributed by atoms with E-state index in [0.717, 1.165) is 11.1 Å². The molecule has 1 atom stereocenters. The maximum atomic E-state index is 14.3. The number of amidine groups is 1. The van der Waals surface area contributed by atoms with E-state index in [0.29, 0.717) is 33.1 Å². The normalized spacial score (nSPS) is 20.7. The highest BCUT2D eigenvalue weighted by atomic mass is 79.9. The van der Waals surface area contributed by atoms with Crippen LogP contribution in [0.2, 0.25) is 0 Å². The highest BCUT2D eigenvalue weighted by Gasteiger charge is 2.47. The molecule has 2 aliphatic heterocycles. The summed E-state index contributed by atoms with van der Waals surface area (Å²) in [5.41, 5.74) is 3.65. The van der Waals surface area contributed by atoms with Crippen LogP contribution in [0.3, 0.4) is 0 Å². The topological polar surface area (TPSA) is 97.5 Å². The van der Waals surface area contributed by atoms with E-state index in [1.165, 1.54) is 17.8 Å². The van der Waals surface area contributed by atoms with Gasteiger partial charge in [0.15, 0.2) is 10.7 Å². The summed E-state index contributed by atoms with van der Waals surface area (Å²) in [6, 6.07) is 8.65. The van der Waals surface area contributed by atoms with Gasteiger partial charge in [0.1, 0.15) is 10.9 Å². The predicted octanol–water partition coefficient (Wildman–Crippen LogP) is 4.30. The maximum Gasteiger partial charge on any atom is 0.161 e. The van der Waals surface area contributed by atoms with Crippen LogP contribution in [0.5, 0.6) is 0 Å². The number of halogens is 2. The van der Waals surface area contributed by atoms with Crippen molar-refractivity contribution in [1.82, 2.24) is 15.6 Å². The lowest BCUT2D eigenvalue weighted by Crippen LogP contribution is -2.46. The number of anilines is 1. The summed E-state index contributed by atoms with van der Waals surface area (Å²) in [5.74, 6) is -0.134. The zero-order valence-electron chi connectivity index (χ0n) is 16.6. The second-order valence-corrected chi connectivity index (χ2v) is 9.29. The first-order valence-corrected chi connectivity index (χ1v) is 11.3. The van der Waals surface area contributed by atoms with Gasteiger partial charge in [-0.1, -0.05) is 27.7 Å². The van der Waals surface area contributed by atoms with Crippen molar-refractivity contribution in [2.24, 2.45) is 9.98 Å². The summed E-state index contributed by atoms with van der Waals surface area (Å²) in [6.07, 6.45) is 10.6. The molecule has 5 rings (SSSR count). The van der Waals surface area contributed by atoms with E-state index in [9.17, 15) is 4.39 Å². The average molecular weight is 510 g/mol. The van der Waals surface area contributed by atoms with Crippen LogP contribution in [0.25, 0.3) is 0 Å². The van der Waals surface area contributed by atoms with Crippen LogP contribution in [0.15, 0.2) is 92.5 Å². The molecule has 3 aliphatic rings. The average Bonchev–Trinajstić information content (AvgIpc) is 3.17. The molecule has 160 valence electrons. The molecule has 0 bridgehead atoms. The third-order valence-corrected chi connectivity index (χ3v) is 6.89. The van der Waals surface area contributed by atoms with Gasteiger partial charge >= 0.3 is 0 Å². The molecular weight excluding hydrogens is 493 g/mol. The Morgan fingerprint density at radius 2 is 2.06 bits per heavy atom. The molecule has 10 heteroatoms. The second kappa shape index (κ2) is 8.36. The number of hydrogen-bond acceptors (Lipinski definition) is 7. The molecule has 4 N–H and O–H groups in total. The first-order valence-electron chi connectivity index (χ1n) is 9.69. The Morgan fingerprint density at radius 1 is 1.22 bits per heavy atom. The molecule has 0 amide bonds. The van der Waals surface area contributed by atoms with Gasteiger partial charge in [-0.3, -0.25) is 10.4 Å². The number of aromatic nitrogens is 1. The lowest BCUT2D eigenvalue weighted by atomic mass is 9.96. The van der Waals surface area contributed by atoms with Gasteiger partial charge < -0.3 is 16.0 Å². The van der Waals surface area contributed by atoms with Crippen molar-refractivity contribution >= 4 is 50.6 Å². The second-order valence-electron chi connectivity index (χ2n) is 7.17. The van der Waals surface area contributed by atoms with Crippen molar-refractivity contribution in [2.45, 2.75) is 11.4 Å². The summed E-state index contributed by atoms with van der Waals surface area (Å²) < 4.78 is 15.0. The number of allylic oxidation sites excluding steroid dienone is 1. The summed E-state index contributed by atoms with van der Waals surface area (Å²) in [6.45, 7) is 0.498. The number of rotatable bonds is 5. The van der Waals surface area contributed by atoms with Crippen molar-refractivity contribution in [1.29, 1.82) is 5.41 Å². The number of hydrogen-bond donors (Lipinski definition) is 4. The minimum atomic E-state index is -0.662. The van der Waals surface area contributed by atoms with Crippen LogP contribution in [0.1, 0.15) is 5.56 Å². The Bertz CT molecular complexity index is 1250. The van der Waals surface area contributed by atoms with Crippen molar-refractivity contribution < 1.29 is 4.39 Å². The maximum absolute atomic E-state index is 14.3. The number of benzene rings is 1. The monoisotopic (exact) mass is 509 g/mol. The molecule has 1 aromatic carbocycles. The van der Waals surface area contributed by atoms with E-state index >= 15 is 0 Å². The third kappa shape index (κ3) is 3.87. The number of pyridine rings is 1. The molecule has 3 heterocycles. The molecule has 1 aromatic heterocycles. The smallest absolute Gasteiger partial charge is 0.161 e. The zero-order valence-corrected chi connectivity index (χ0v) is 19.0. The number of nitrogens with one attached hydrogen (secondary N) is 4. The first-order chi connectivity index (χ1) is 15.5. The van der Waals surface area contributed by atoms with Crippen LogP contribution in [0, 0.1) is 11.2 Å². The summed E-state index contributed by atoms with van der Waals surface area (Å²) in [5, 5.41) is 18.6. The van der Waals surface area contributed by atoms with Gasteiger partial charge in [-0.2, -0.15) is 0 Å². The lowest BCUT2D eigenvalue weighted by Gasteiger charge is -2.35. The largest absolute Gasteiger partial charge is 0.364 e. The van der Waals surface area contributed by atoms with E-state index < -0.39 is 4.87 Å². The fourth-order valence-electron chi connectivity index (χ4n) is 3.46. The van der Waals surface area contributed by atoms with Gasteiger partial charge in [0.25, 0.3) is 0 Å². The summed E-state index contributed by atoms with van der Waals surface area (Å²) in [7, 11) is 0. The van der Waals surface area contributed by atoms with Crippen molar-refractivity contribution in [3.63, 3.8) is 0 Å². The molecule has 1 spiro atoms. The lowest BCUT2D eigenvalue weighted by molar-refractivity contribution is 0.630. The van der Waals surface area contributed by atoms with Gasteiger partial charge in [0.2, 0.25) is 0 Å². The molecule has 1 aliphatic carbocycles. The van der Waals surface area contributed by atoms with E-state index in [4.69, 9.17) is 10.4 Å². The molecular formula is C22H17BrFN7S. The third-order valence-electron chi connectivity index (χ3n) is 5.04. The summed E-state index contributed by atoms with van der Waals surface area (Å²) in [4.78, 5) is 12.3. The van der Waals surface area contributed by atoms with Gasteiger partial charge in [0, 0.05) is 40.9 Å². The van der Waals surface area contributed by atoms with E-state index in [2.05, 4.69) is 41.9 Å². The first kappa shape index (κ1) is 20.7. The van der Waals surface area contributed by atoms with Gasteiger partial charge in [-0.25, -0.2) is 14.4 Å². The van der Waals surface area contributed by atoms with Gasteiger partial charge in [-0.15, -0.1) is 0 Å². The Morgan fingerprint density at radius 3 is 2.88 bits per heavy atom. The Labute approximate surface area is 196 Å². The van der Waals surface area contributed by atoms with Gasteiger partial charge in [-0.05, 0) is 48.0 Å². The Hall–Kier alpha value is -3.24. The predicted molar refractivity (Wildman–Crippen MR) is 130 cm³/mol. The number of nitrogens with zero attached hydrogens (tertiary/aromatic N) is 3. The molecule has 0 fully saturated rings. The number of thioether (sulfide) groups is 1. The van der Waals surface area contributed by atoms with E-state index in [1.54, 1.807) is 37.1 Å². The Balaban J connectivity index is 1.40. The number of aliphatic imine (C=N–C) groups is 2. The zero-order chi connectivity index (χ0) is 22.1. The van der Waals surface area contributed by atoms with Crippen LogP contribution in [0.4, 0.5) is 10.1 Å². The molecule has 32 heavy (non-hydrogen) atoms. The summed E-state index contributed by atoms with van der Waals surface area (Å²) >= 11 is 4.72. The highest BCUT2D eigenvalue weighted by molar-refractivity contribution is 9.10. The molecule has 7 nitrogen and oxygen atoms in total. The Kier molecular flexibility index (Phi) is 5.40. The van der Waals surface area contributed by atoms with E-state index in [-0.39, 0.29) is 11.7 Å². The van der Waals surface area contributed by atoms with Crippen molar-refractivity contribution in [2.75, 3.05) is 5.32 Å². The highest BCUT2D eigenvalue weighted by Crippen LogP contribution is 2.48. The molecule has 0 radical (unpaired) electrons. The van der Waals surface area contributed by atoms with Crippen LogP contribution in [-0.4, -0.2) is 27.1 Å². The van der Waals surface area contributed by atoms with Crippen LogP contribution >= 0.6 is 27.7 Å². The van der Waals surface area contributed by atoms with Gasteiger partial charge in [0.05, 0.1) is 17.7 Å². The van der Waals surface area contributed by atoms with Crippen LogP contribution < -0.4 is 16.0 Å². The van der Waals surface area contributed by atoms with E-state index in [1.807, 2.05) is 24.3 Å². The minimum absolute atomic E-state index is 0.230.